The highest BCUT2D eigenvalue weighted by atomic mass is 28.4. The van der Waals surface area contributed by atoms with Crippen molar-refractivity contribution >= 4 is 14.3 Å². The average Bonchev–Trinajstić information content (AvgIpc) is 3.63. The van der Waals surface area contributed by atoms with Crippen LogP contribution in [0.1, 0.15) is 203 Å². The first kappa shape index (κ1) is 43.5. The van der Waals surface area contributed by atoms with Crippen molar-refractivity contribution in [2.45, 2.75) is 245 Å². The zero-order valence-electron chi connectivity index (χ0n) is 33.6. The molecule has 48 heavy (non-hydrogen) atoms. The Bertz CT molecular complexity index is 877. The van der Waals surface area contributed by atoms with Crippen molar-refractivity contribution in [3.63, 3.8) is 0 Å². The van der Waals surface area contributed by atoms with Gasteiger partial charge < -0.3 is 13.9 Å². The Morgan fingerprint density at radius 1 is 0.750 bits per heavy atom. The van der Waals surface area contributed by atoms with E-state index in [-0.39, 0.29) is 29.3 Å². The maximum absolute atomic E-state index is 11.9. The Balaban J connectivity index is 1.63. The van der Waals surface area contributed by atoms with Crippen molar-refractivity contribution < 1.29 is 18.7 Å². The number of carbonyl (C=O) groups excluding carboxylic acids is 1. The van der Waals surface area contributed by atoms with Crippen LogP contribution < -0.4 is 0 Å². The second-order valence-electron chi connectivity index (χ2n) is 17.7. The van der Waals surface area contributed by atoms with Crippen LogP contribution in [0.3, 0.4) is 0 Å². The van der Waals surface area contributed by atoms with Gasteiger partial charge in [-0.05, 0) is 75.1 Å². The zero-order chi connectivity index (χ0) is 35.4. The van der Waals surface area contributed by atoms with Crippen molar-refractivity contribution in [1.29, 1.82) is 0 Å². The quantitative estimate of drug-likeness (QED) is 0.0466. The predicted octanol–water partition coefficient (Wildman–Crippen LogP) is 13.7. The van der Waals surface area contributed by atoms with E-state index >= 15 is 0 Å². The fourth-order valence-corrected chi connectivity index (χ4v) is 8.93. The summed E-state index contributed by atoms with van der Waals surface area (Å²) < 4.78 is 19.2. The molecule has 282 valence electrons. The molecule has 0 aromatic rings. The third-order valence-electron chi connectivity index (χ3n) is 11.9. The molecule has 0 unspecified atom stereocenters. The summed E-state index contributed by atoms with van der Waals surface area (Å²) in [5.41, 5.74) is 0.889. The molecule has 1 saturated heterocycles. The molecule has 0 aromatic carbocycles. The summed E-state index contributed by atoms with van der Waals surface area (Å²) in [5.74, 6) is 1.12. The topological polar surface area (TPSA) is 44.8 Å². The molecule has 2 aliphatic heterocycles. The summed E-state index contributed by atoms with van der Waals surface area (Å²) in [5, 5.41) is 0.224. The van der Waals surface area contributed by atoms with Crippen molar-refractivity contribution in [3.8, 4) is 0 Å². The van der Waals surface area contributed by atoms with Crippen LogP contribution in [0.2, 0.25) is 18.1 Å². The van der Waals surface area contributed by atoms with E-state index in [0.29, 0.717) is 17.9 Å². The highest BCUT2D eigenvalue weighted by molar-refractivity contribution is 6.74. The maximum atomic E-state index is 11.9. The third-order valence-corrected chi connectivity index (χ3v) is 16.4. The SMILES string of the molecule is CCCCCCCCCCCC[C@H](C)[C@H]1CC[C@H]([C@@H](CCCCCCCCCC[C@@H](C)CC2=C[C@H](C)OC2=O)O[Si](C)(C)C(C)(C)C)O1. The molecular formula is C43H82O4Si. The molecule has 0 saturated carbocycles. The number of esters is 1. The van der Waals surface area contributed by atoms with E-state index in [1.165, 1.54) is 141 Å². The average molecular weight is 691 g/mol. The van der Waals surface area contributed by atoms with Crippen molar-refractivity contribution in [2.75, 3.05) is 0 Å². The van der Waals surface area contributed by atoms with E-state index in [2.05, 4.69) is 54.6 Å². The molecule has 0 spiro atoms. The summed E-state index contributed by atoms with van der Waals surface area (Å²) >= 11 is 0. The lowest BCUT2D eigenvalue weighted by Gasteiger charge is -2.41. The zero-order valence-corrected chi connectivity index (χ0v) is 34.6. The summed E-state index contributed by atoms with van der Waals surface area (Å²) in [4.78, 5) is 11.9. The van der Waals surface area contributed by atoms with Gasteiger partial charge in [0.2, 0.25) is 0 Å². The summed E-state index contributed by atoms with van der Waals surface area (Å²) in [6.07, 6.45) is 34.4. The van der Waals surface area contributed by atoms with Crippen LogP contribution in [0.4, 0.5) is 0 Å². The molecule has 0 N–H and O–H groups in total. The first-order valence-corrected chi connectivity index (χ1v) is 24.0. The molecule has 0 amide bonds. The Labute approximate surface area is 300 Å². The third kappa shape index (κ3) is 17.5. The second-order valence-corrected chi connectivity index (χ2v) is 22.4. The van der Waals surface area contributed by atoms with Gasteiger partial charge in [-0.2, -0.15) is 0 Å². The molecule has 4 nitrogen and oxygen atoms in total. The van der Waals surface area contributed by atoms with Crippen molar-refractivity contribution in [1.82, 2.24) is 0 Å². The highest BCUT2D eigenvalue weighted by Crippen LogP contribution is 2.40. The molecular weight excluding hydrogens is 609 g/mol. The first-order chi connectivity index (χ1) is 22.8. The minimum atomic E-state index is -1.86. The number of ether oxygens (including phenoxy) is 2. The number of cyclic esters (lactones) is 1. The highest BCUT2D eigenvalue weighted by Gasteiger charge is 2.42. The number of carbonyl (C=O) groups is 1. The van der Waals surface area contributed by atoms with Crippen molar-refractivity contribution in [2.24, 2.45) is 11.8 Å². The monoisotopic (exact) mass is 691 g/mol. The smallest absolute Gasteiger partial charge is 0.334 e. The minimum absolute atomic E-state index is 0.0450. The van der Waals surface area contributed by atoms with Crippen LogP contribution in [0.15, 0.2) is 11.6 Å². The van der Waals surface area contributed by atoms with E-state index in [0.717, 1.165) is 18.4 Å². The lowest BCUT2D eigenvalue weighted by atomic mass is 9.94. The first-order valence-electron chi connectivity index (χ1n) is 21.1. The maximum Gasteiger partial charge on any atom is 0.334 e. The summed E-state index contributed by atoms with van der Waals surface area (Å²) in [7, 11) is -1.86. The van der Waals surface area contributed by atoms with Gasteiger partial charge in [-0.25, -0.2) is 4.79 Å². The van der Waals surface area contributed by atoms with E-state index in [9.17, 15) is 4.79 Å². The number of hydrogen-bond donors (Lipinski definition) is 0. The molecule has 2 rings (SSSR count). The summed E-state index contributed by atoms with van der Waals surface area (Å²) in [6, 6.07) is 0. The van der Waals surface area contributed by atoms with Crippen LogP contribution in [0.5, 0.6) is 0 Å². The predicted molar refractivity (Wildman–Crippen MR) is 209 cm³/mol. The molecule has 2 aliphatic rings. The van der Waals surface area contributed by atoms with E-state index in [1.54, 1.807) is 0 Å². The van der Waals surface area contributed by atoms with Gasteiger partial charge in [0.1, 0.15) is 6.10 Å². The molecule has 0 bridgehead atoms. The molecule has 6 atom stereocenters. The number of unbranched alkanes of at least 4 members (excludes halogenated alkanes) is 16. The van der Waals surface area contributed by atoms with Crippen molar-refractivity contribution in [3.05, 3.63) is 11.6 Å². The molecule has 1 fully saturated rings. The van der Waals surface area contributed by atoms with Gasteiger partial charge in [0, 0.05) is 5.57 Å². The molecule has 0 aromatic heterocycles. The standard InChI is InChI=1S/C43H82O4Si/c1-10-11-12-13-14-15-16-20-23-26-29-36(3)39-31-32-40(46-39)41(47-48(8,9)43(5,6)7)30-27-24-21-18-17-19-22-25-28-35(2)33-38-34-37(4)45-42(38)44/h34-37,39-41H,10-33H2,1-9H3/t35-,36+,37+,39-,40-,41-/m1/s1. The van der Waals surface area contributed by atoms with Gasteiger partial charge >= 0.3 is 5.97 Å². The Hall–Kier alpha value is -0.653. The second kappa shape index (κ2) is 23.8. The number of rotatable bonds is 28. The van der Waals surface area contributed by atoms with Crippen LogP contribution in [-0.2, 0) is 18.7 Å². The van der Waals surface area contributed by atoms with Crippen LogP contribution in [-0.4, -0.2) is 38.7 Å². The van der Waals surface area contributed by atoms with Crippen LogP contribution >= 0.6 is 0 Å². The van der Waals surface area contributed by atoms with Gasteiger partial charge in [0.25, 0.3) is 0 Å². The number of hydrogen-bond acceptors (Lipinski definition) is 4. The Kier molecular flexibility index (Phi) is 21.5. The van der Waals surface area contributed by atoms with Gasteiger partial charge in [0.05, 0.1) is 18.3 Å². The lowest BCUT2D eigenvalue weighted by Crippen LogP contribution is -2.47. The van der Waals surface area contributed by atoms with Gasteiger partial charge in [-0.1, -0.05) is 164 Å². The van der Waals surface area contributed by atoms with Gasteiger partial charge in [-0.15, -0.1) is 0 Å². The van der Waals surface area contributed by atoms with Crippen LogP contribution in [0.25, 0.3) is 0 Å². The molecule has 0 radical (unpaired) electrons. The van der Waals surface area contributed by atoms with E-state index < -0.39 is 8.32 Å². The fourth-order valence-electron chi connectivity index (χ4n) is 7.55. The Morgan fingerprint density at radius 3 is 1.73 bits per heavy atom. The van der Waals surface area contributed by atoms with Crippen LogP contribution in [0, 0.1) is 11.8 Å². The molecule has 0 aliphatic carbocycles. The molecule has 2 heterocycles. The van der Waals surface area contributed by atoms with E-state index in [4.69, 9.17) is 13.9 Å². The molecule has 5 heteroatoms. The van der Waals surface area contributed by atoms with E-state index in [1.807, 2.05) is 13.0 Å². The largest absolute Gasteiger partial charge is 0.455 e. The Morgan fingerprint density at radius 2 is 1.23 bits per heavy atom. The fraction of sp³-hybridized carbons (Fsp3) is 0.930. The minimum Gasteiger partial charge on any atom is -0.455 e. The summed E-state index contributed by atoms with van der Waals surface area (Å²) in [6.45, 7) is 20.9. The van der Waals surface area contributed by atoms with Gasteiger partial charge in [-0.3, -0.25) is 0 Å². The van der Waals surface area contributed by atoms with Gasteiger partial charge in [0.15, 0.2) is 8.32 Å². The normalized spacial score (nSPS) is 22.1. The lowest BCUT2D eigenvalue weighted by molar-refractivity contribution is -0.139.